The summed E-state index contributed by atoms with van der Waals surface area (Å²) in [5, 5.41) is 20.6. The van der Waals surface area contributed by atoms with Gasteiger partial charge in [0.2, 0.25) is 5.91 Å². The normalized spacial score (nSPS) is 18.8. The number of aromatic nitrogens is 2. The van der Waals surface area contributed by atoms with Gasteiger partial charge in [0.05, 0.1) is 22.6 Å². The number of aryl methyl sites for hydroxylation is 4. The minimum atomic E-state index is -1.15. The summed E-state index contributed by atoms with van der Waals surface area (Å²) in [6.45, 7) is 35.5. The molecule has 2 atom stereocenters. The number of carbonyl (C=O) groups excluding carboxylic acids is 2. The van der Waals surface area contributed by atoms with Crippen molar-refractivity contribution in [1.82, 2.24) is 19.8 Å². The molecule has 4 aliphatic rings. The van der Waals surface area contributed by atoms with Gasteiger partial charge in [-0.15, -0.1) is 0 Å². The van der Waals surface area contributed by atoms with E-state index in [2.05, 4.69) is 49.6 Å². The van der Waals surface area contributed by atoms with Gasteiger partial charge in [-0.3, -0.25) is 14.8 Å². The predicted molar refractivity (Wildman–Crippen MR) is 296 cm³/mol. The molecule has 0 bridgehead atoms. The van der Waals surface area contributed by atoms with Crippen LogP contribution >= 0.6 is 0 Å². The molecule has 4 aliphatic heterocycles. The first-order valence-electron chi connectivity index (χ1n) is 26.9. The summed E-state index contributed by atoms with van der Waals surface area (Å²) in [7, 11) is 0. The van der Waals surface area contributed by atoms with Gasteiger partial charge >= 0.3 is 18.0 Å². The van der Waals surface area contributed by atoms with Crippen molar-refractivity contribution < 1.29 is 43.6 Å². The molecule has 2 aromatic heterocycles. The Bertz CT molecular complexity index is 2620. The standard InChI is InChI=1S/C33H45N3O5.C27H41N3O4/c1-22-26(25-13-17-36(18-14-25)31(39)40-21-24-11-9-8-10-12-24)28(35-19-15-33(6,7)16-20-35)27(23(2)34-22)29(30(37)38)41-32(3,4)5;1-17-21(20-9-13-29(14-10-20)19(3)31)23(30-15-11-27(7,8)12-16-30)22(18(2)28-17)24(25(32)33)34-26(4,5)6/h8-13,29H,14-21H2,1-7H3,(H,37,38);9,24H,10-16H2,1-8H3,(H,32,33)/t29-;24-/m00/s1. The lowest BCUT2D eigenvalue weighted by atomic mass is 9.81. The Kier molecular flexibility index (Phi) is 18.4. The predicted octanol–water partition coefficient (Wildman–Crippen LogP) is 11.6. The van der Waals surface area contributed by atoms with E-state index in [9.17, 15) is 29.4 Å². The van der Waals surface area contributed by atoms with Crippen LogP contribution in [0.25, 0.3) is 11.1 Å². The lowest BCUT2D eigenvalue weighted by Crippen LogP contribution is -2.40. The van der Waals surface area contributed by atoms with Gasteiger partial charge in [0.25, 0.3) is 0 Å². The number of carbonyl (C=O) groups is 4. The van der Waals surface area contributed by atoms with E-state index < -0.39 is 35.3 Å². The summed E-state index contributed by atoms with van der Waals surface area (Å²) in [6, 6.07) is 9.65. The molecule has 0 saturated carbocycles. The maximum Gasteiger partial charge on any atom is 0.410 e. The highest BCUT2D eigenvalue weighted by Gasteiger charge is 2.39. The maximum atomic E-state index is 12.8. The first-order chi connectivity index (χ1) is 35.0. The lowest BCUT2D eigenvalue weighted by molar-refractivity contribution is -0.161. The van der Waals surface area contributed by atoms with Crippen molar-refractivity contribution in [1.29, 1.82) is 0 Å². The Labute approximate surface area is 446 Å². The molecule has 1 aromatic carbocycles. The summed E-state index contributed by atoms with van der Waals surface area (Å²) in [5.74, 6) is -1.96. The van der Waals surface area contributed by atoms with Crippen LogP contribution in [0.2, 0.25) is 0 Å². The number of hydrogen-bond acceptors (Lipinski definition) is 11. The number of pyridine rings is 2. The number of piperidine rings is 2. The van der Waals surface area contributed by atoms with Gasteiger partial charge in [-0.05, 0) is 135 Å². The number of aliphatic carboxylic acids is 2. The third kappa shape index (κ3) is 15.0. The third-order valence-corrected chi connectivity index (χ3v) is 14.9. The van der Waals surface area contributed by atoms with Gasteiger partial charge in [0.15, 0.2) is 12.2 Å². The zero-order valence-corrected chi connectivity index (χ0v) is 47.7. The van der Waals surface area contributed by atoms with Crippen molar-refractivity contribution in [2.24, 2.45) is 10.8 Å². The first kappa shape index (κ1) is 58.5. The van der Waals surface area contributed by atoms with Crippen LogP contribution in [0.15, 0.2) is 42.5 Å². The van der Waals surface area contributed by atoms with Crippen LogP contribution in [0.3, 0.4) is 0 Å². The Hall–Kier alpha value is -5.80. The van der Waals surface area contributed by atoms with Crippen molar-refractivity contribution in [3.05, 3.63) is 93.1 Å². The molecule has 6 heterocycles. The number of amides is 2. The number of carboxylic acids is 2. The molecule has 75 heavy (non-hydrogen) atoms. The minimum absolute atomic E-state index is 0.0674. The van der Waals surface area contributed by atoms with Crippen LogP contribution in [0.4, 0.5) is 16.2 Å². The van der Waals surface area contributed by atoms with Crippen LogP contribution in [0.1, 0.15) is 177 Å². The molecule has 2 amide bonds. The fourth-order valence-corrected chi connectivity index (χ4v) is 10.6. The van der Waals surface area contributed by atoms with E-state index in [1.54, 1.807) is 11.8 Å². The highest BCUT2D eigenvalue weighted by atomic mass is 16.6. The molecule has 2 saturated heterocycles. The Morgan fingerprint density at radius 1 is 0.600 bits per heavy atom. The molecule has 0 unspecified atom stereocenters. The number of hydrogen-bond donors (Lipinski definition) is 2. The summed E-state index contributed by atoms with van der Waals surface area (Å²) < 4.78 is 17.9. The largest absolute Gasteiger partial charge is 0.479 e. The summed E-state index contributed by atoms with van der Waals surface area (Å²) in [6.07, 6.45) is 6.96. The molecular formula is C60H86N6O9. The van der Waals surface area contributed by atoms with Crippen molar-refractivity contribution in [2.45, 2.75) is 172 Å². The highest BCUT2D eigenvalue weighted by Crippen LogP contribution is 2.46. The van der Waals surface area contributed by atoms with E-state index in [1.165, 1.54) is 0 Å². The number of benzene rings is 1. The number of nitrogens with zero attached hydrogens (tertiary/aromatic N) is 6. The maximum absolute atomic E-state index is 12.8. The summed E-state index contributed by atoms with van der Waals surface area (Å²) in [5.41, 5.74) is 10.6. The SMILES string of the molecule is CC(=O)N1CC=C(c2c(C)nc(C)c([C@H](OC(C)(C)C)C(=O)O)c2N2CCC(C)(C)CC2)CC1.Cc1nc(C)c([C@H](OC(C)(C)C)C(=O)O)c(N2CCC(C)(C)CC2)c1C1=CCN(C(=O)OCc2ccccc2)CC1. The van der Waals surface area contributed by atoms with Gasteiger partial charge < -0.3 is 44.0 Å². The van der Waals surface area contributed by atoms with Crippen LogP contribution in [0.5, 0.6) is 0 Å². The second-order valence-electron chi connectivity index (χ2n) is 24.4. The fraction of sp³-hybridized carbons (Fsp3) is 0.600. The Balaban J connectivity index is 0.000000248. The fourth-order valence-electron chi connectivity index (χ4n) is 10.6. The molecule has 3 aromatic rings. The average molecular weight is 1040 g/mol. The molecule has 0 aliphatic carbocycles. The average Bonchev–Trinajstić information content (AvgIpc) is 3.32. The Morgan fingerprint density at radius 2 is 0.987 bits per heavy atom. The second-order valence-corrected chi connectivity index (χ2v) is 24.4. The number of carboxylic acid groups (broad SMARTS) is 2. The molecule has 0 radical (unpaired) electrons. The van der Waals surface area contributed by atoms with Crippen molar-refractivity contribution in [3.63, 3.8) is 0 Å². The van der Waals surface area contributed by atoms with Gasteiger partial charge in [0.1, 0.15) is 6.61 Å². The van der Waals surface area contributed by atoms with Gasteiger partial charge in [0, 0.05) is 104 Å². The van der Waals surface area contributed by atoms with E-state index in [0.29, 0.717) is 55.1 Å². The monoisotopic (exact) mass is 1030 g/mol. The van der Waals surface area contributed by atoms with Gasteiger partial charge in [-0.25, -0.2) is 14.4 Å². The highest BCUT2D eigenvalue weighted by molar-refractivity contribution is 5.88. The molecule has 410 valence electrons. The second kappa shape index (κ2) is 23.6. The number of ether oxygens (including phenoxy) is 3. The van der Waals surface area contributed by atoms with Crippen LogP contribution in [-0.4, -0.2) is 117 Å². The summed E-state index contributed by atoms with van der Waals surface area (Å²) in [4.78, 5) is 67.8. The molecule has 0 spiro atoms. The molecule has 15 heteroatoms. The molecular weight excluding hydrogens is 949 g/mol. The molecule has 15 nitrogen and oxygen atoms in total. The van der Waals surface area contributed by atoms with E-state index in [0.717, 1.165) is 109 Å². The van der Waals surface area contributed by atoms with E-state index in [-0.39, 0.29) is 29.4 Å². The van der Waals surface area contributed by atoms with Gasteiger partial charge in [-0.2, -0.15) is 0 Å². The molecule has 2 N–H and O–H groups in total. The Morgan fingerprint density at radius 3 is 1.32 bits per heavy atom. The van der Waals surface area contributed by atoms with Crippen LogP contribution in [0, 0.1) is 38.5 Å². The quantitative estimate of drug-likeness (QED) is 0.175. The topological polar surface area (TPSA) is 175 Å². The van der Waals surface area contributed by atoms with Gasteiger partial charge in [-0.1, -0.05) is 70.2 Å². The van der Waals surface area contributed by atoms with E-state index in [4.69, 9.17) is 24.2 Å². The van der Waals surface area contributed by atoms with Crippen LogP contribution < -0.4 is 9.80 Å². The van der Waals surface area contributed by atoms with E-state index >= 15 is 0 Å². The number of rotatable bonds is 12. The number of anilines is 2. The smallest absolute Gasteiger partial charge is 0.410 e. The first-order valence-corrected chi connectivity index (χ1v) is 26.9. The zero-order valence-electron chi connectivity index (χ0n) is 47.7. The third-order valence-electron chi connectivity index (χ3n) is 14.9. The molecule has 2 fully saturated rings. The van der Waals surface area contributed by atoms with E-state index in [1.807, 2.05) is 104 Å². The van der Waals surface area contributed by atoms with Crippen molar-refractivity contribution in [2.75, 3.05) is 62.2 Å². The van der Waals surface area contributed by atoms with Crippen molar-refractivity contribution >= 4 is 46.5 Å². The summed E-state index contributed by atoms with van der Waals surface area (Å²) >= 11 is 0. The zero-order chi connectivity index (χ0) is 55.4. The minimum Gasteiger partial charge on any atom is -0.479 e. The molecule has 7 rings (SSSR count). The van der Waals surface area contributed by atoms with Crippen LogP contribution in [-0.2, 0) is 35.2 Å². The van der Waals surface area contributed by atoms with Crippen molar-refractivity contribution in [3.8, 4) is 0 Å². The lowest BCUT2D eigenvalue weighted by Gasteiger charge is -2.41.